The van der Waals surface area contributed by atoms with Gasteiger partial charge in [-0.05, 0) is 41.5 Å². The Morgan fingerprint density at radius 3 is 2.00 bits per heavy atom. The molecule has 1 nitrogen and oxygen atoms in total. The fourth-order valence-electron chi connectivity index (χ4n) is 1.34. The molecule has 0 fully saturated rings. The van der Waals surface area contributed by atoms with Gasteiger partial charge in [-0.2, -0.15) is 0 Å². The van der Waals surface area contributed by atoms with Crippen LogP contribution < -0.4 is 0 Å². The Hall–Kier alpha value is -0.300. The first-order valence-electron chi connectivity index (χ1n) is 4.17. The van der Waals surface area contributed by atoms with Gasteiger partial charge in [0.25, 0.3) is 0 Å². The van der Waals surface area contributed by atoms with E-state index >= 15 is 0 Å². The van der Waals surface area contributed by atoms with E-state index in [0.717, 1.165) is 0 Å². The quantitative estimate of drug-likeness (QED) is 0.570. The van der Waals surface area contributed by atoms with Crippen LogP contribution in [0.3, 0.4) is 0 Å². The molecular formula is C10H20O. The van der Waals surface area contributed by atoms with E-state index in [1.54, 1.807) is 0 Å². The molecular weight excluding hydrogens is 136 g/mol. The zero-order chi connectivity index (χ0) is 9.07. The lowest BCUT2D eigenvalue weighted by Gasteiger charge is -2.24. The Morgan fingerprint density at radius 1 is 1.27 bits per heavy atom. The Bertz CT molecular complexity index is 139. The molecule has 0 saturated heterocycles. The zero-order valence-electron chi connectivity index (χ0n) is 8.56. The van der Waals surface area contributed by atoms with Crippen LogP contribution in [0.5, 0.6) is 0 Å². The normalized spacial score (nSPS) is 11.9. The minimum Gasteiger partial charge on any atom is -0.369 e. The van der Waals surface area contributed by atoms with Gasteiger partial charge >= 0.3 is 0 Å². The summed E-state index contributed by atoms with van der Waals surface area (Å²) >= 11 is 0. The van der Waals surface area contributed by atoms with E-state index in [0.29, 0.717) is 6.10 Å². The smallest absolute Gasteiger partial charge is 0.0812 e. The van der Waals surface area contributed by atoms with E-state index in [2.05, 4.69) is 47.6 Å². The molecule has 0 radical (unpaired) electrons. The van der Waals surface area contributed by atoms with Crippen LogP contribution in [0.15, 0.2) is 11.6 Å². The second-order valence-corrected chi connectivity index (χ2v) is 3.99. The maximum Gasteiger partial charge on any atom is 0.0812 e. The Morgan fingerprint density at radius 2 is 1.73 bits per heavy atom. The summed E-state index contributed by atoms with van der Waals surface area (Å²) in [5, 5.41) is 0. The average Bonchev–Trinajstić information content (AvgIpc) is 1.53. The summed E-state index contributed by atoms with van der Waals surface area (Å²) in [5.74, 6) is 0. The summed E-state index contributed by atoms with van der Waals surface area (Å²) in [7, 11) is 0. The summed E-state index contributed by atoms with van der Waals surface area (Å²) in [4.78, 5) is 0. The van der Waals surface area contributed by atoms with Crippen molar-refractivity contribution in [2.24, 2.45) is 0 Å². The predicted octanol–water partition coefficient (Wildman–Crippen LogP) is 3.16. The highest BCUT2D eigenvalue weighted by molar-refractivity contribution is 5.04. The van der Waals surface area contributed by atoms with Crippen LogP contribution in [0.4, 0.5) is 0 Å². The fourth-order valence-corrected chi connectivity index (χ4v) is 1.34. The summed E-state index contributed by atoms with van der Waals surface area (Å²) in [6, 6.07) is 0. The van der Waals surface area contributed by atoms with Crippen molar-refractivity contribution in [1.82, 2.24) is 0 Å². The lowest BCUT2D eigenvalue weighted by molar-refractivity contribution is -0.0231. The molecule has 0 aliphatic carbocycles. The molecule has 0 aromatic heterocycles. The van der Waals surface area contributed by atoms with E-state index < -0.39 is 0 Å². The van der Waals surface area contributed by atoms with E-state index in [4.69, 9.17) is 4.74 Å². The van der Waals surface area contributed by atoms with E-state index in [-0.39, 0.29) is 5.60 Å². The van der Waals surface area contributed by atoms with E-state index in [9.17, 15) is 0 Å². The first-order chi connectivity index (χ1) is 4.83. The Balaban J connectivity index is 4.11. The molecule has 66 valence electrons. The van der Waals surface area contributed by atoms with Gasteiger partial charge in [0, 0.05) is 0 Å². The van der Waals surface area contributed by atoms with Crippen LogP contribution >= 0.6 is 0 Å². The van der Waals surface area contributed by atoms with Crippen molar-refractivity contribution < 1.29 is 4.74 Å². The first-order valence-corrected chi connectivity index (χ1v) is 4.17. The molecule has 0 atom stereocenters. The molecule has 0 rings (SSSR count). The molecule has 0 saturated carbocycles. The molecule has 0 bridgehead atoms. The van der Waals surface area contributed by atoms with Gasteiger partial charge in [-0.1, -0.05) is 11.6 Å². The maximum absolute atomic E-state index is 5.67. The molecule has 0 aromatic rings. The Kier molecular flexibility index (Phi) is 3.81. The van der Waals surface area contributed by atoms with Gasteiger partial charge in [0.05, 0.1) is 11.7 Å². The second kappa shape index (κ2) is 3.91. The molecule has 0 aliphatic heterocycles. The van der Waals surface area contributed by atoms with Gasteiger partial charge < -0.3 is 4.74 Å². The number of hydrogen-bond donors (Lipinski definition) is 0. The molecule has 0 amide bonds. The van der Waals surface area contributed by atoms with Gasteiger partial charge in [-0.25, -0.2) is 0 Å². The summed E-state index contributed by atoms with van der Waals surface area (Å²) < 4.78 is 5.67. The van der Waals surface area contributed by atoms with Crippen molar-refractivity contribution >= 4 is 0 Å². The summed E-state index contributed by atoms with van der Waals surface area (Å²) in [6.45, 7) is 12.5. The van der Waals surface area contributed by atoms with E-state index in [1.807, 2.05) is 0 Å². The molecule has 0 heterocycles. The maximum atomic E-state index is 5.67. The lowest BCUT2D eigenvalue weighted by atomic mass is 10.1. The predicted molar refractivity (Wildman–Crippen MR) is 49.7 cm³/mol. The molecule has 1 heteroatoms. The van der Waals surface area contributed by atoms with Gasteiger partial charge in [-0.15, -0.1) is 0 Å². The first kappa shape index (κ1) is 10.7. The van der Waals surface area contributed by atoms with Gasteiger partial charge in [0.2, 0.25) is 0 Å². The number of allylic oxidation sites excluding steroid dienone is 1. The number of rotatable bonds is 3. The molecule has 0 spiro atoms. The van der Waals surface area contributed by atoms with Crippen molar-refractivity contribution in [3.8, 4) is 0 Å². The summed E-state index contributed by atoms with van der Waals surface area (Å²) in [6.07, 6.45) is 2.44. The molecule has 0 unspecified atom stereocenters. The SMILES string of the molecule is CC(C)=CC(C)(C)OC(C)C. The van der Waals surface area contributed by atoms with Crippen LogP contribution in [0.1, 0.15) is 41.5 Å². The third-order valence-electron chi connectivity index (χ3n) is 1.18. The van der Waals surface area contributed by atoms with Crippen LogP contribution in [-0.4, -0.2) is 11.7 Å². The Labute approximate surface area is 70.4 Å². The van der Waals surface area contributed by atoms with Crippen molar-refractivity contribution in [2.45, 2.75) is 53.2 Å². The molecule has 0 aromatic carbocycles. The van der Waals surface area contributed by atoms with Gasteiger partial charge in [0.1, 0.15) is 0 Å². The monoisotopic (exact) mass is 156 g/mol. The van der Waals surface area contributed by atoms with Gasteiger partial charge in [0.15, 0.2) is 0 Å². The number of ether oxygens (including phenoxy) is 1. The average molecular weight is 156 g/mol. The van der Waals surface area contributed by atoms with E-state index in [1.165, 1.54) is 5.57 Å². The zero-order valence-corrected chi connectivity index (χ0v) is 8.56. The van der Waals surface area contributed by atoms with Crippen LogP contribution in [0.2, 0.25) is 0 Å². The topological polar surface area (TPSA) is 9.23 Å². The summed E-state index contributed by atoms with van der Waals surface area (Å²) in [5.41, 5.74) is 1.18. The van der Waals surface area contributed by atoms with Gasteiger partial charge in [-0.3, -0.25) is 0 Å². The number of hydrogen-bond acceptors (Lipinski definition) is 1. The van der Waals surface area contributed by atoms with Crippen LogP contribution in [0.25, 0.3) is 0 Å². The fraction of sp³-hybridized carbons (Fsp3) is 0.800. The lowest BCUT2D eigenvalue weighted by Crippen LogP contribution is -2.25. The second-order valence-electron chi connectivity index (χ2n) is 3.99. The highest BCUT2D eigenvalue weighted by Crippen LogP contribution is 2.15. The van der Waals surface area contributed by atoms with Crippen molar-refractivity contribution in [1.29, 1.82) is 0 Å². The largest absolute Gasteiger partial charge is 0.369 e. The van der Waals surface area contributed by atoms with Crippen molar-refractivity contribution in [3.63, 3.8) is 0 Å². The van der Waals surface area contributed by atoms with Crippen molar-refractivity contribution in [2.75, 3.05) is 0 Å². The molecule has 0 N–H and O–H groups in total. The third-order valence-corrected chi connectivity index (χ3v) is 1.18. The third kappa shape index (κ3) is 6.11. The molecule has 0 aliphatic rings. The highest BCUT2D eigenvalue weighted by Gasteiger charge is 2.15. The minimum atomic E-state index is -0.118. The standard InChI is InChI=1S/C10H20O/c1-8(2)7-10(5,6)11-9(3)4/h7,9H,1-6H3. The van der Waals surface area contributed by atoms with Crippen molar-refractivity contribution in [3.05, 3.63) is 11.6 Å². The van der Waals surface area contributed by atoms with Crippen LogP contribution in [0, 0.1) is 0 Å². The van der Waals surface area contributed by atoms with Crippen LogP contribution in [-0.2, 0) is 4.74 Å². The molecule has 11 heavy (non-hydrogen) atoms. The highest BCUT2D eigenvalue weighted by atomic mass is 16.5. The minimum absolute atomic E-state index is 0.118.